The number of piperidine rings is 1. The Morgan fingerprint density at radius 3 is 2.67 bits per heavy atom. The fraction of sp³-hybridized carbons (Fsp3) is 0.381. The second-order valence-corrected chi connectivity index (χ2v) is 15.9. The van der Waals surface area contributed by atoms with E-state index in [1.807, 2.05) is 60.4 Å². The van der Waals surface area contributed by atoms with E-state index in [9.17, 15) is 24.0 Å². The van der Waals surface area contributed by atoms with Gasteiger partial charge in [0.05, 0.1) is 18.7 Å². The van der Waals surface area contributed by atoms with E-state index in [1.165, 1.54) is 11.3 Å². The first kappa shape index (κ1) is 36.4. The summed E-state index contributed by atoms with van der Waals surface area (Å²) in [7, 11) is 0. The molecule has 3 aliphatic heterocycles. The van der Waals surface area contributed by atoms with Gasteiger partial charge in [-0.2, -0.15) is 0 Å². The number of hydrogen-bond acceptors (Lipinski definition) is 9. The molecule has 1 saturated heterocycles. The van der Waals surface area contributed by atoms with Crippen molar-refractivity contribution in [2.45, 2.75) is 77.3 Å². The van der Waals surface area contributed by atoms with Crippen molar-refractivity contribution < 1.29 is 28.7 Å². The van der Waals surface area contributed by atoms with Gasteiger partial charge in [-0.05, 0) is 99.4 Å². The molecule has 12 nitrogen and oxygen atoms in total. The van der Waals surface area contributed by atoms with Crippen LogP contribution in [0.5, 0.6) is 5.75 Å². The van der Waals surface area contributed by atoms with Gasteiger partial charge in [-0.25, -0.2) is 4.98 Å². The molecule has 1 aliphatic carbocycles. The summed E-state index contributed by atoms with van der Waals surface area (Å²) in [6, 6.07) is 18.7. The van der Waals surface area contributed by atoms with E-state index in [0.717, 1.165) is 102 Å². The molecular weight excluding hydrogens is 717 g/mol. The SMILES string of the molecule is Cc1sc(NC(=O)Cc2cccc(OCCCCCNc3cccc4c3CN(C3CCC(=O)NC3=O)C4=O)c2)nc1-c1ccc2c(c1)CCN2C(=O)C1CC1. The number of ether oxygens (including phenoxy) is 1. The minimum Gasteiger partial charge on any atom is -0.494 e. The molecule has 0 spiro atoms. The second kappa shape index (κ2) is 15.7. The van der Waals surface area contributed by atoms with Crippen molar-refractivity contribution in [2.75, 3.05) is 35.2 Å². The average molecular weight is 761 g/mol. The molecule has 13 heteroatoms. The average Bonchev–Trinajstić information content (AvgIpc) is 3.72. The number of benzene rings is 3. The molecule has 4 aliphatic rings. The lowest BCUT2D eigenvalue weighted by atomic mass is 10.0. The summed E-state index contributed by atoms with van der Waals surface area (Å²) in [5, 5.41) is 9.35. The van der Waals surface area contributed by atoms with Crippen molar-refractivity contribution in [1.29, 1.82) is 0 Å². The molecule has 1 saturated carbocycles. The number of rotatable bonds is 14. The standard InChI is InChI=1S/C42H44N6O6S/c1-25-38(29-13-14-34-28(23-29)17-19-47(34)40(52)27-11-12-27)46-42(55-25)45-37(50)22-26-7-5-8-30(21-26)54-20-4-2-3-18-43-33-10-6-9-31-32(33)24-48(41(31)53)35-15-16-36(49)44-39(35)51/h5-10,13-14,21,23,27,35,43H,2-4,11-12,15-20,22,24H2,1H3,(H,44,49,51)(H,45,46,50). The van der Waals surface area contributed by atoms with Gasteiger partial charge in [0, 0.05) is 64.9 Å². The van der Waals surface area contributed by atoms with Crippen LogP contribution < -0.4 is 25.6 Å². The third kappa shape index (κ3) is 7.98. The van der Waals surface area contributed by atoms with Crippen LogP contribution in [0.25, 0.3) is 11.3 Å². The smallest absolute Gasteiger partial charge is 0.255 e. The third-order valence-corrected chi connectivity index (χ3v) is 11.6. The van der Waals surface area contributed by atoms with E-state index < -0.39 is 11.9 Å². The number of thiazole rings is 1. The third-order valence-electron chi connectivity index (χ3n) is 10.7. The van der Waals surface area contributed by atoms with Gasteiger partial charge in [-0.1, -0.05) is 24.3 Å². The largest absolute Gasteiger partial charge is 0.494 e. The highest BCUT2D eigenvalue weighted by atomic mass is 32.1. The fourth-order valence-corrected chi connectivity index (χ4v) is 8.56. The number of aromatic nitrogens is 1. The van der Waals surface area contributed by atoms with Crippen molar-refractivity contribution >= 4 is 57.4 Å². The van der Waals surface area contributed by atoms with Crippen LogP contribution in [-0.4, -0.2) is 65.2 Å². The lowest BCUT2D eigenvalue weighted by Gasteiger charge is -2.29. The molecule has 3 aromatic carbocycles. The summed E-state index contributed by atoms with van der Waals surface area (Å²) in [5.74, 6) is 0.124. The Morgan fingerprint density at radius 2 is 1.84 bits per heavy atom. The Labute approximate surface area is 323 Å². The molecule has 1 unspecified atom stereocenters. The Kier molecular flexibility index (Phi) is 10.4. The predicted molar refractivity (Wildman–Crippen MR) is 210 cm³/mol. The van der Waals surface area contributed by atoms with Crippen molar-refractivity contribution in [1.82, 2.24) is 15.2 Å². The number of anilines is 3. The first-order valence-electron chi connectivity index (χ1n) is 19.2. The molecule has 4 heterocycles. The molecule has 8 rings (SSSR count). The highest BCUT2D eigenvalue weighted by Gasteiger charge is 2.40. The van der Waals surface area contributed by atoms with Crippen LogP contribution in [-0.2, 0) is 38.6 Å². The van der Waals surface area contributed by atoms with Crippen LogP contribution in [0, 0.1) is 12.8 Å². The predicted octanol–water partition coefficient (Wildman–Crippen LogP) is 6.02. The molecular formula is C42H44N6O6S. The van der Waals surface area contributed by atoms with Crippen LogP contribution in [0.15, 0.2) is 60.7 Å². The number of carbonyl (C=O) groups excluding carboxylic acids is 5. The maximum Gasteiger partial charge on any atom is 0.255 e. The summed E-state index contributed by atoms with van der Waals surface area (Å²) in [5.41, 5.74) is 7.22. The summed E-state index contributed by atoms with van der Waals surface area (Å²) < 4.78 is 6.02. The Morgan fingerprint density at radius 1 is 0.982 bits per heavy atom. The molecule has 0 radical (unpaired) electrons. The number of amides is 5. The number of imide groups is 1. The molecule has 3 N–H and O–H groups in total. The fourth-order valence-electron chi connectivity index (χ4n) is 7.71. The van der Waals surface area contributed by atoms with E-state index in [4.69, 9.17) is 9.72 Å². The van der Waals surface area contributed by atoms with Gasteiger partial charge < -0.3 is 25.2 Å². The van der Waals surface area contributed by atoms with Crippen molar-refractivity contribution in [3.05, 3.63) is 87.8 Å². The van der Waals surface area contributed by atoms with Crippen LogP contribution in [0.3, 0.4) is 0 Å². The number of aryl methyl sites for hydroxylation is 1. The van der Waals surface area contributed by atoms with E-state index in [-0.39, 0.29) is 42.4 Å². The Bertz CT molecular complexity index is 2180. The number of nitrogens with one attached hydrogen (secondary N) is 3. The normalized spacial score (nSPS) is 17.5. The van der Waals surface area contributed by atoms with Gasteiger partial charge in [0.1, 0.15) is 11.8 Å². The zero-order valence-electron chi connectivity index (χ0n) is 30.8. The first-order valence-corrected chi connectivity index (χ1v) is 20.0. The van der Waals surface area contributed by atoms with Crippen LogP contribution >= 0.6 is 11.3 Å². The van der Waals surface area contributed by atoms with Crippen LogP contribution in [0.2, 0.25) is 0 Å². The highest BCUT2D eigenvalue weighted by molar-refractivity contribution is 7.16. The molecule has 1 atom stereocenters. The number of fused-ring (bicyclic) bond motifs is 2. The minimum atomic E-state index is -0.634. The zero-order valence-corrected chi connectivity index (χ0v) is 31.6. The van der Waals surface area contributed by atoms with Gasteiger partial charge in [0.2, 0.25) is 23.6 Å². The van der Waals surface area contributed by atoms with Gasteiger partial charge >= 0.3 is 0 Å². The van der Waals surface area contributed by atoms with Crippen LogP contribution in [0.1, 0.15) is 76.9 Å². The van der Waals surface area contributed by atoms with Gasteiger partial charge in [0.25, 0.3) is 5.91 Å². The molecule has 284 valence electrons. The Hall–Kier alpha value is -5.56. The van der Waals surface area contributed by atoms with Gasteiger partial charge in [0.15, 0.2) is 5.13 Å². The summed E-state index contributed by atoms with van der Waals surface area (Å²) in [6.07, 6.45) is 6.30. The Balaban J connectivity index is 0.767. The van der Waals surface area contributed by atoms with Crippen molar-refractivity contribution in [3.63, 3.8) is 0 Å². The summed E-state index contributed by atoms with van der Waals surface area (Å²) in [4.78, 5) is 72.1. The molecule has 1 aromatic heterocycles. The maximum absolute atomic E-state index is 13.1. The van der Waals surface area contributed by atoms with Crippen LogP contribution in [0.4, 0.5) is 16.5 Å². The van der Waals surface area contributed by atoms with Crippen molar-refractivity contribution in [3.8, 4) is 17.0 Å². The second-order valence-electron chi connectivity index (χ2n) is 14.7. The van der Waals surface area contributed by atoms with Crippen molar-refractivity contribution in [2.24, 2.45) is 5.92 Å². The molecule has 5 amide bonds. The number of nitrogens with zero attached hydrogens (tertiary/aromatic N) is 3. The van der Waals surface area contributed by atoms with E-state index in [0.29, 0.717) is 30.3 Å². The molecule has 0 bridgehead atoms. The van der Waals surface area contributed by atoms with E-state index in [1.54, 1.807) is 11.0 Å². The number of unbranched alkanes of at least 4 members (excludes halogenated alkanes) is 2. The minimum absolute atomic E-state index is 0.148. The highest BCUT2D eigenvalue weighted by Crippen LogP contribution is 2.39. The summed E-state index contributed by atoms with van der Waals surface area (Å²) >= 11 is 1.46. The molecule has 4 aromatic rings. The van der Waals surface area contributed by atoms with Gasteiger partial charge in [-0.15, -0.1) is 11.3 Å². The quantitative estimate of drug-likeness (QED) is 0.104. The molecule has 2 fully saturated rings. The first-order chi connectivity index (χ1) is 26.7. The zero-order chi connectivity index (χ0) is 38.1. The van der Waals surface area contributed by atoms with Gasteiger partial charge in [-0.3, -0.25) is 29.3 Å². The monoisotopic (exact) mass is 760 g/mol. The number of hydrogen-bond donors (Lipinski definition) is 3. The topological polar surface area (TPSA) is 150 Å². The lowest BCUT2D eigenvalue weighted by molar-refractivity contribution is -0.137. The molecule has 55 heavy (non-hydrogen) atoms. The van der Waals surface area contributed by atoms with E-state index >= 15 is 0 Å². The lowest BCUT2D eigenvalue weighted by Crippen LogP contribution is -2.52. The maximum atomic E-state index is 13.1. The number of carbonyl (C=O) groups is 5. The summed E-state index contributed by atoms with van der Waals surface area (Å²) in [6.45, 7) is 4.35. The van der Waals surface area contributed by atoms with E-state index in [2.05, 4.69) is 22.0 Å².